The van der Waals surface area contributed by atoms with Gasteiger partial charge in [0.05, 0.1) is 37.0 Å². The van der Waals surface area contributed by atoms with Crippen LogP contribution < -0.4 is 15.4 Å². The van der Waals surface area contributed by atoms with Gasteiger partial charge in [-0.2, -0.15) is 5.11 Å². The van der Waals surface area contributed by atoms with E-state index in [4.69, 9.17) is 27.6 Å². The van der Waals surface area contributed by atoms with Gasteiger partial charge in [-0.3, -0.25) is 4.79 Å². The fraction of sp³-hybridized carbons (Fsp3) is 0.519. The number of amides is 1. The first-order valence-electron chi connectivity index (χ1n) is 13.2. The van der Waals surface area contributed by atoms with Crippen molar-refractivity contribution >= 4 is 23.5 Å². The third-order valence-corrected chi connectivity index (χ3v) is 8.18. The summed E-state index contributed by atoms with van der Waals surface area (Å²) in [5, 5.41) is 3.95. The number of carbonyl (C=O) groups is 1. The first-order chi connectivity index (χ1) is 18.4. The van der Waals surface area contributed by atoms with E-state index in [1.54, 1.807) is 29.4 Å². The van der Waals surface area contributed by atoms with Crippen molar-refractivity contribution in [2.24, 2.45) is 28.6 Å². The fourth-order valence-corrected chi connectivity index (χ4v) is 5.72. The molecule has 0 unspecified atom stereocenters. The Labute approximate surface area is 226 Å². The van der Waals surface area contributed by atoms with Gasteiger partial charge in [-0.05, 0) is 55.1 Å². The minimum atomic E-state index is -0.450. The van der Waals surface area contributed by atoms with Crippen molar-refractivity contribution < 1.29 is 13.9 Å². The van der Waals surface area contributed by atoms with Crippen LogP contribution in [-0.4, -0.2) is 53.6 Å². The SMILES string of the molecule is N=NC1=C(N)CCN(C(=O)Cc2ccc(OCC[C@@H]3C[C@@H]3C3CCN(c4ncc(Cl)cn4)CC3)cc2F)C1. The van der Waals surface area contributed by atoms with Gasteiger partial charge in [0.15, 0.2) is 0 Å². The van der Waals surface area contributed by atoms with Crippen LogP contribution in [0.1, 0.15) is 37.7 Å². The van der Waals surface area contributed by atoms with Gasteiger partial charge in [0, 0.05) is 37.8 Å². The number of aromatic nitrogens is 2. The number of benzene rings is 1. The van der Waals surface area contributed by atoms with Crippen LogP contribution in [0.15, 0.2) is 47.1 Å². The van der Waals surface area contributed by atoms with E-state index in [-0.39, 0.29) is 18.9 Å². The Kier molecular flexibility index (Phi) is 8.06. The van der Waals surface area contributed by atoms with Gasteiger partial charge in [0.2, 0.25) is 11.9 Å². The number of ether oxygens (including phenoxy) is 1. The van der Waals surface area contributed by atoms with Crippen molar-refractivity contribution in [2.75, 3.05) is 37.7 Å². The number of hydrogen-bond acceptors (Lipinski definition) is 8. The molecule has 11 heteroatoms. The molecular formula is C27H33ClFN7O2. The number of nitrogens with zero attached hydrogens (tertiary/aromatic N) is 5. The highest BCUT2D eigenvalue weighted by molar-refractivity contribution is 6.30. The topological polar surface area (TPSA) is 121 Å². The van der Waals surface area contributed by atoms with Gasteiger partial charge in [-0.15, -0.1) is 0 Å². The lowest BCUT2D eigenvalue weighted by Gasteiger charge is -2.32. The Balaban J connectivity index is 1.03. The molecule has 9 nitrogen and oxygen atoms in total. The smallest absolute Gasteiger partial charge is 0.227 e. The number of carbonyl (C=O) groups excluding carboxylic acids is 1. The first kappa shape index (κ1) is 26.3. The number of nitrogens with one attached hydrogen (secondary N) is 1. The maximum atomic E-state index is 14.7. The monoisotopic (exact) mass is 541 g/mol. The molecule has 1 saturated carbocycles. The molecule has 202 valence electrons. The van der Waals surface area contributed by atoms with Crippen LogP contribution in [0.5, 0.6) is 5.75 Å². The zero-order valence-corrected chi connectivity index (χ0v) is 22.0. The van der Waals surface area contributed by atoms with Crippen molar-refractivity contribution in [1.82, 2.24) is 14.9 Å². The minimum absolute atomic E-state index is 0.0516. The molecule has 3 heterocycles. The number of hydrogen-bond donors (Lipinski definition) is 2. The lowest BCUT2D eigenvalue weighted by Crippen LogP contribution is -2.39. The molecule has 0 bridgehead atoms. The molecule has 38 heavy (non-hydrogen) atoms. The summed E-state index contributed by atoms with van der Waals surface area (Å²) < 4.78 is 20.6. The number of nitrogens with two attached hydrogens (primary N) is 1. The molecule has 0 spiro atoms. The molecule has 2 aromatic rings. The molecule has 1 aliphatic carbocycles. The summed E-state index contributed by atoms with van der Waals surface area (Å²) in [4.78, 5) is 25.1. The molecule has 3 aliphatic rings. The molecule has 5 rings (SSSR count). The third-order valence-electron chi connectivity index (χ3n) is 7.99. The summed E-state index contributed by atoms with van der Waals surface area (Å²) in [6, 6.07) is 4.70. The maximum Gasteiger partial charge on any atom is 0.227 e. The molecule has 0 radical (unpaired) electrons. The summed E-state index contributed by atoms with van der Waals surface area (Å²) in [5.74, 6) is 2.69. The number of halogens is 2. The van der Waals surface area contributed by atoms with Crippen LogP contribution in [0.25, 0.3) is 0 Å². The van der Waals surface area contributed by atoms with E-state index in [0.29, 0.717) is 53.2 Å². The second-order valence-corrected chi connectivity index (χ2v) is 10.8. The maximum absolute atomic E-state index is 14.7. The summed E-state index contributed by atoms with van der Waals surface area (Å²) in [7, 11) is 0. The summed E-state index contributed by atoms with van der Waals surface area (Å²) in [6.07, 6.45) is 8.17. The molecule has 1 aromatic heterocycles. The second kappa shape index (κ2) is 11.6. The summed E-state index contributed by atoms with van der Waals surface area (Å²) in [6.45, 7) is 3.11. The largest absolute Gasteiger partial charge is 0.493 e. The van der Waals surface area contributed by atoms with Crippen molar-refractivity contribution in [3.63, 3.8) is 0 Å². The number of rotatable bonds is 9. The van der Waals surface area contributed by atoms with Gasteiger partial charge in [-0.1, -0.05) is 17.7 Å². The van der Waals surface area contributed by atoms with E-state index in [1.807, 2.05) is 0 Å². The van der Waals surface area contributed by atoms with Gasteiger partial charge >= 0.3 is 0 Å². The van der Waals surface area contributed by atoms with E-state index in [9.17, 15) is 9.18 Å². The standard InChI is InChI=1S/C27H33ClFN7O2/c28-20-14-32-27(33-15-20)35-7-3-17(4-8-35)22-11-18(22)6-10-38-21-2-1-19(23(29)13-21)12-26(37)36-9-5-24(30)25(16-36)34-31/h1-2,13-15,17-18,22,31H,3-12,16,30H2/t18-,22-/m1/s1. The highest BCUT2D eigenvalue weighted by Gasteiger charge is 2.43. The Hall–Kier alpha value is -3.27. The Morgan fingerprint density at radius 2 is 2.00 bits per heavy atom. The van der Waals surface area contributed by atoms with Crippen LogP contribution >= 0.6 is 11.6 Å². The van der Waals surface area contributed by atoms with Gasteiger partial charge < -0.3 is 20.3 Å². The molecule has 2 fully saturated rings. The summed E-state index contributed by atoms with van der Waals surface area (Å²) >= 11 is 5.89. The van der Waals surface area contributed by atoms with Crippen molar-refractivity contribution in [3.05, 3.63) is 58.4 Å². The molecule has 2 atom stereocenters. The average Bonchev–Trinajstić information content (AvgIpc) is 3.70. The van der Waals surface area contributed by atoms with Gasteiger partial charge in [0.25, 0.3) is 0 Å². The first-order valence-corrected chi connectivity index (χ1v) is 13.6. The average molecular weight is 542 g/mol. The Bertz CT molecular complexity index is 1200. The number of piperidine rings is 1. The van der Waals surface area contributed by atoms with Gasteiger partial charge in [0.1, 0.15) is 17.3 Å². The van der Waals surface area contributed by atoms with Crippen LogP contribution in [0.2, 0.25) is 5.02 Å². The van der Waals surface area contributed by atoms with Crippen LogP contribution in [0.4, 0.5) is 10.3 Å². The van der Waals surface area contributed by atoms with Gasteiger partial charge in [-0.25, -0.2) is 19.9 Å². The molecule has 2 aliphatic heterocycles. The Morgan fingerprint density at radius 3 is 2.71 bits per heavy atom. The van der Waals surface area contributed by atoms with E-state index >= 15 is 0 Å². The van der Waals surface area contributed by atoms with E-state index < -0.39 is 5.82 Å². The predicted molar refractivity (Wildman–Crippen MR) is 141 cm³/mol. The van der Waals surface area contributed by atoms with E-state index in [2.05, 4.69) is 20.0 Å². The van der Waals surface area contributed by atoms with E-state index in [0.717, 1.165) is 50.1 Å². The van der Waals surface area contributed by atoms with Crippen molar-refractivity contribution in [1.29, 1.82) is 5.53 Å². The summed E-state index contributed by atoms with van der Waals surface area (Å²) in [5.41, 5.74) is 14.3. The molecular weight excluding hydrogens is 509 g/mol. The molecule has 1 amide bonds. The van der Waals surface area contributed by atoms with Crippen LogP contribution in [0, 0.1) is 29.1 Å². The van der Waals surface area contributed by atoms with E-state index in [1.165, 1.54) is 12.5 Å². The van der Waals surface area contributed by atoms with Crippen LogP contribution in [-0.2, 0) is 11.2 Å². The zero-order chi connectivity index (χ0) is 26.6. The van der Waals surface area contributed by atoms with Crippen molar-refractivity contribution in [2.45, 2.75) is 38.5 Å². The Morgan fingerprint density at radius 1 is 1.24 bits per heavy atom. The minimum Gasteiger partial charge on any atom is -0.493 e. The highest BCUT2D eigenvalue weighted by atomic mass is 35.5. The normalized spacial score (nSPS) is 21.9. The lowest BCUT2D eigenvalue weighted by atomic mass is 9.90. The lowest BCUT2D eigenvalue weighted by molar-refractivity contribution is -0.130. The fourth-order valence-electron chi connectivity index (χ4n) is 5.62. The third kappa shape index (κ3) is 6.23. The quantitative estimate of drug-likeness (QED) is 0.449. The number of anilines is 1. The molecule has 1 aromatic carbocycles. The molecule has 1 saturated heterocycles. The highest BCUT2D eigenvalue weighted by Crippen LogP contribution is 2.49. The van der Waals surface area contributed by atoms with Crippen LogP contribution in [0.3, 0.4) is 0 Å². The predicted octanol–water partition coefficient (Wildman–Crippen LogP) is 4.57. The molecule has 3 N–H and O–H groups in total. The van der Waals surface area contributed by atoms with Crippen molar-refractivity contribution in [3.8, 4) is 5.75 Å². The second-order valence-electron chi connectivity index (χ2n) is 10.4. The zero-order valence-electron chi connectivity index (χ0n) is 21.3.